The Morgan fingerprint density at radius 1 is 1.16 bits per heavy atom. The number of pyridine rings is 1. The maximum atomic E-state index is 13.9. The number of nitrogens with one attached hydrogen (secondary N) is 3. The summed E-state index contributed by atoms with van der Waals surface area (Å²) in [4.78, 5) is 42.4. The van der Waals surface area contributed by atoms with Crippen LogP contribution < -0.4 is 15.4 Å². The third kappa shape index (κ3) is 6.25. The number of nitrogens with zero attached hydrogens (tertiary/aromatic N) is 2. The Hall–Kier alpha value is -3.22. The predicted molar refractivity (Wildman–Crippen MR) is 143 cm³/mol. The fourth-order valence-electron chi connectivity index (χ4n) is 4.16. The lowest BCUT2D eigenvalue weighted by Crippen LogP contribution is -2.68. The quantitative estimate of drug-likeness (QED) is 0.437. The first kappa shape index (κ1) is 29.3. The van der Waals surface area contributed by atoms with Gasteiger partial charge in [-0.2, -0.15) is 12.7 Å². The molecule has 1 aliphatic rings. The lowest BCUT2D eigenvalue weighted by atomic mass is 9.71. The van der Waals surface area contributed by atoms with Gasteiger partial charge in [0.15, 0.2) is 0 Å². The number of aromatic nitrogens is 1. The number of amides is 3. The van der Waals surface area contributed by atoms with Crippen molar-refractivity contribution in [3.05, 3.63) is 58.4 Å². The minimum absolute atomic E-state index is 0.0278. The van der Waals surface area contributed by atoms with Crippen LogP contribution in [0.5, 0.6) is 0 Å². The smallest absolute Gasteiger partial charge is 0.422 e. The average molecular weight is 566 g/mol. The van der Waals surface area contributed by atoms with Crippen LogP contribution in [0.1, 0.15) is 62.0 Å². The summed E-state index contributed by atoms with van der Waals surface area (Å²) in [7, 11) is -2.87. The van der Waals surface area contributed by atoms with E-state index in [2.05, 4.69) is 15.6 Å². The molecular weight excluding hydrogens is 534 g/mol. The van der Waals surface area contributed by atoms with Gasteiger partial charge in [-0.1, -0.05) is 49.7 Å². The zero-order chi connectivity index (χ0) is 28.5. The third-order valence-electron chi connectivity index (χ3n) is 5.97. The van der Waals surface area contributed by atoms with Gasteiger partial charge in [-0.3, -0.25) is 9.59 Å². The molecule has 3 rings (SSSR count). The molecule has 1 fully saturated rings. The van der Waals surface area contributed by atoms with Gasteiger partial charge in [-0.05, 0) is 43.9 Å². The summed E-state index contributed by atoms with van der Waals surface area (Å²) in [6.07, 6.45) is 0.147. The lowest BCUT2D eigenvalue weighted by Gasteiger charge is -2.48. The van der Waals surface area contributed by atoms with Gasteiger partial charge in [0.05, 0.1) is 17.4 Å². The molecule has 38 heavy (non-hydrogen) atoms. The van der Waals surface area contributed by atoms with Crippen molar-refractivity contribution >= 4 is 45.4 Å². The van der Waals surface area contributed by atoms with Gasteiger partial charge in [0.1, 0.15) is 16.2 Å². The van der Waals surface area contributed by atoms with Crippen LogP contribution in [0.4, 0.5) is 10.5 Å². The van der Waals surface area contributed by atoms with Crippen molar-refractivity contribution in [2.24, 2.45) is 0 Å². The number of hydrogen-bond acceptors (Lipinski definition) is 7. The molecular formula is C25H32ClN5O6S. The topological polar surface area (TPSA) is 147 Å². The van der Waals surface area contributed by atoms with Crippen LogP contribution >= 0.6 is 11.6 Å². The van der Waals surface area contributed by atoms with Crippen LogP contribution in [-0.2, 0) is 25.2 Å². The van der Waals surface area contributed by atoms with Gasteiger partial charge in [-0.15, -0.1) is 0 Å². The first-order chi connectivity index (χ1) is 17.6. The van der Waals surface area contributed by atoms with Gasteiger partial charge < -0.3 is 15.4 Å². The highest BCUT2D eigenvalue weighted by atomic mass is 35.5. The Bertz CT molecular complexity index is 1350. The molecule has 1 saturated heterocycles. The fourth-order valence-corrected chi connectivity index (χ4v) is 5.48. The average Bonchev–Trinajstić information content (AvgIpc) is 2.77. The number of anilines is 1. The van der Waals surface area contributed by atoms with Crippen LogP contribution in [0, 0.1) is 0 Å². The summed E-state index contributed by atoms with van der Waals surface area (Å²) < 4.78 is 33.9. The van der Waals surface area contributed by atoms with Crippen molar-refractivity contribution in [2.75, 3.05) is 25.5 Å². The monoisotopic (exact) mass is 565 g/mol. The number of carbonyl (C=O) groups is 3. The molecule has 1 aromatic carbocycles. The zero-order valence-electron chi connectivity index (χ0n) is 22.1. The van der Waals surface area contributed by atoms with E-state index in [-0.39, 0.29) is 35.4 Å². The minimum atomic E-state index is -4.31. The molecule has 0 bridgehead atoms. The molecule has 13 heteroatoms. The molecule has 0 saturated carbocycles. The van der Waals surface area contributed by atoms with Crippen LogP contribution in [-0.4, -0.2) is 61.4 Å². The van der Waals surface area contributed by atoms with Crippen molar-refractivity contribution in [3.63, 3.8) is 0 Å². The summed E-state index contributed by atoms with van der Waals surface area (Å²) in [5, 5.41) is 5.30. The maximum absolute atomic E-state index is 13.9. The summed E-state index contributed by atoms with van der Waals surface area (Å²) >= 11 is 5.96. The van der Waals surface area contributed by atoms with E-state index in [0.717, 1.165) is 9.87 Å². The van der Waals surface area contributed by atoms with E-state index in [4.69, 9.17) is 16.3 Å². The number of carbonyl (C=O) groups excluding carboxylic acids is 3. The minimum Gasteiger partial charge on any atom is -0.443 e. The van der Waals surface area contributed by atoms with E-state index >= 15 is 0 Å². The van der Waals surface area contributed by atoms with Crippen molar-refractivity contribution < 1.29 is 27.5 Å². The Kier molecular flexibility index (Phi) is 8.39. The van der Waals surface area contributed by atoms with Gasteiger partial charge in [0, 0.05) is 20.1 Å². The van der Waals surface area contributed by atoms with Crippen molar-refractivity contribution in [1.29, 1.82) is 0 Å². The number of hydrogen-bond donors (Lipinski definition) is 3. The Morgan fingerprint density at radius 2 is 1.79 bits per heavy atom. The first-order valence-corrected chi connectivity index (χ1v) is 13.7. The molecule has 2 heterocycles. The predicted octanol–water partition coefficient (Wildman–Crippen LogP) is 3.18. The second-order valence-electron chi connectivity index (χ2n) is 10.3. The summed E-state index contributed by atoms with van der Waals surface area (Å²) in [5.74, 6) is -0.996. The highest BCUT2D eigenvalue weighted by Crippen LogP contribution is 2.41. The molecule has 3 amide bonds. The van der Waals surface area contributed by atoms with E-state index in [0.29, 0.717) is 5.56 Å². The van der Waals surface area contributed by atoms with Crippen molar-refractivity contribution in [1.82, 2.24) is 19.3 Å². The molecule has 206 valence electrons. The Labute approximate surface area is 227 Å². The summed E-state index contributed by atoms with van der Waals surface area (Å²) in [5.41, 5.74) is -0.496. The van der Waals surface area contributed by atoms with Crippen LogP contribution in [0.25, 0.3) is 0 Å². The highest BCUT2D eigenvalue weighted by Gasteiger charge is 2.56. The lowest BCUT2D eigenvalue weighted by molar-refractivity contribution is -0.125. The van der Waals surface area contributed by atoms with Crippen LogP contribution in [0.2, 0.25) is 5.15 Å². The molecule has 2 aromatic rings. The SMILES string of the molecule is CNC(=O)c1cc(Cl)ncc1NC(=O)C1(c2ccccc2C(C)C)CN(S(=O)(=O)NC(=O)OC(C)(C)C)C1. The molecule has 0 atom stereocenters. The maximum Gasteiger partial charge on any atom is 0.422 e. The fraction of sp³-hybridized carbons (Fsp3) is 0.440. The molecule has 11 nitrogen and oxygen atoms in total. The van der Waals surface area contributed by atoms with Crippen LogP contribution in [0.15, 0.2) is 36.5 Å². The van der Waals surface area contributed by atoms with Gasteiger partial charge in [-0.25, -0.2) is 14.5 Å². The zero-order valence-corrected chi connectivity index (χ0v) is 23.7. The highest BCUT2D eigenvalue weighted by molar-refractivity contribution is 7.87. The number of benzene rings is 1. The van der Waals surface area contributed by atoms with E-state index in [1.54, 1.807) is 32.9 Å². The molecule has 1 aliphatic heterocycles. The van der Waals surface area contributed by atoms with E-state index in [1.807, 2.05) is 30.7 Å². The number of halogens is 1. The van der Waals surface area contributed by atoms with Gasteiger partial charge >= 0.3 is 16.3 Å². The largest absolute Gasteiger partial charge is 0.443 e. The second kappa shape index (κ2) is 10.9. The van der Waals surface area contributed by atoms with E-state index < -0.39 is 39.1 Å². The molecule has 3 N–H and O–H groups in total. The molecule has 0 aliphatic carbocycles. The number of ether oxygens (including phenoxy) is 1. The van der Waals surface area contributed by atoms with Gasteiger partial charge in [0.2, 0.25) is 5.91 Å². The van der Waals surface area contributed by atoms with Crippen LogP contribution in [0.3, 0.4) is 0 Å². The van der Waals surface area contributed by atoms with E-state index in [9.17, 15) is 22.8 Å². The van der Waals surface area contributed by atoms with Crippen molar-refractivity contribution in [3.8, 4) is 0 Å². The first-order valence-electron chi connectivity index (χ1n) is 11.9. The standard InChI is InChI=1S/C25H32ClN5O6S/c1-15(2)16-9-7-8-10-18(16)25(13-31(14-25)38(35,36)30-23(34)37-24(3,4)5)22(33)29-19-12-28-20(26)11-17(19)21(32)27-6/h7-12,15H,13-14H2,1-6H3,(H,27,32)(H,29,33)(H,30,34). The molecule has 0 spiro atoms. The van der Waals surface area contributed by atoms with E-state index in [1.165, 1.54) is 19.3 Å². The normalized spacial score (nSPS) is 15.4. The number of rotatable bonds is 7. The second-order valence-corrected chi connectivity index (χ2v) is 12.3. The van der Waals surface area contributed by atoms with Crippen molar-refractivity contribution in [2.45, 2.75) is 51.6 Å². The third-order valence-corrected chi connectivity index (χ3v) is 7.54. The Morgan fingerprint density at radius 3 is 2.37 bits per heavy atom. The molecule has 1 aromatic heterocycles. The Balaban J connectivity index is 1.98. The summed E-state index contributed by atoms with van der Waals surface area (Å²) in [6, 6.07) is 8.60. The molecule has 0 unspecified atom stereocenters. The van der Waals surface area contributed by atoms with Gasteiger partial charge in [0.25, 0.3) is 5.91 Å². The molecule has 0 radical (unpaired) electrons. The summed E-state index contributed by atoms with van der Waals surface area (Å²) in [6.45, 7) is 8.26.